The molecule has 7 heteroatoms. The second kappa shape index (κ2) is 7.53. The molecule has 3 heterocycles. The molecule has 7 nitrogen and oxygen atoms in total. The summed E-state index contributed by atoms with van der Waals surface area (Å²) in [5.74, 6) is 1.24. The number of anilines is 1. The van der Waals surface area contributed by atoms with Gasteiger partial charge in [-0.2, -0.15) is 10.1 Å². The molecule has 0 saturated heterocycles. The topological polar surface area (TPSA) is 76.2 Å². The number of nitrogens with zero attached hydrogens (tertiary/aromatic N) is 4. The van der Waals surface area contributed by atoms with Gasteiger partial charge >= 0.3 is 0 Å². The second-order valence-electron chi connectivity index (χ2n) is 6.18. The van der Waals surface area contributed by atoms with Crippen molar-refractivity contribution in [3.05, 3.63) is 65.1 Å². The quantitative estimate of drug-likeness (QED) is 0.735. The molecular formula is C19H21N5O2. The van der Waals surface area contributed by atoms with Crippen molar-refractivity contribution in [2.24, 2.45) is 0 Å². The molecule has 1 aromatic carbocycles. The highest BCUT2D eigenvalue weighted by molar-refractivity contribution is 5.40. The van der Waals surface area contributed by atoms with E-state index in [4.69, 9.17) is 9.47 Å². The van der Waals surface area contributed by atoms with E-state index in [1.54, 1.807) is 19.4 Å². The van der Waals surface area contributed by atoms with Gasteiger partial charge in [0.05, 0.1) is 26.0 Å². The third kappa shape index (κ3) is 3.52. The van der Waals surface area contributed by atoms with E-state index in [2.05, 4.69) is 37.2 Å². The first-order valence-corrected chi connectivity index (χ1v) is 8.62. The number of methoxy groups -OCH3 is 1. The van der Waals surface area contributed by atoms with Gasteiger partial charge in [-0.3, -0.25) is 5.10 Å². The zero-order valence-corrected chi connectivity index (χ0v) is 14.7. The van der Waals surface area contributed by atoms with Gasteiger partial charge in [-0.25, -0.2) is 4.98 Å². The van der Waals surface area contributed by atoms with Crippen molar-refractivity contribution in [2.75, 3.05) is 18.6 Å². The number of benzene rings is 1. The third-order valence-corrected chi connectivity index (χ3v) is 4.48. The van der Waals surface area contributed by atoms with Crippen LogP contribution in [0.25, 0.3) is 0 Å². The van der Waals surface area contributed by atoms with Crippen LogP contribution in [-0.2, 0) is 30.9 Å². The van der Waals surface area contributed by atoms with E-state index in [0.29, 0.717) is 31.6 Å². The molecule has 0 bridgehead atoms. The van der Waals surface area contributed by atoms with Crippen LogP contribution in [0.2, 0.25) is 0 Å². The lowest BCUT2D eigenvalue weighted by Crippen LogP contribution is -2.32. The molecule has 0 aliphatic carbocycles. The number of hydrogen-bond donors (Lipinski definition) is 1. The van der Waals surface area contributed by atoms with Crippen molar-refractivity contribution in [3.63, 3.8) is 0 Å². The highest BCUT2D eigenvalue weighted by atomic mass is 16.5. The Morgan fingerprint density at radius 3 is 2.88 bits per heavy atom. The number of nitrogens with one attached hydrogen (secondary N) is 1. The molecule has 1 aliphatic rings. The Bertz CT molecular complexity index is 865. The summed E-state index contributed by atoms with van der Waals surface area (Å²) in [5.41, 5.74) is 4.45. The monoisotopic (exact) mass is 351 g/mol. The lowest BCUT2D eigenvalue weighted by molar-refractivity contribution is 0.104. The Labute approximate surface area is 152 Å². The van der Waals surface area contributed by atoms with Crippen LogP contribution in [-0.4, -0.2) is 33.8 Å². The fraction of sp³-hybridized carbons (Fsp3) is 0.316. The van der Waals surface area contributed by atoms with Gasteiger partial charge in [-0.05, 0) is 5.56 Å². The maximum absolute atomic E-state index is 5.86. The van der Waals surface area contributed by atoms with Crippen molar-refractivity contribution < 1.29 is 9.47 Å². The number of hydrogen-bond acceptors (Lipinski definition) is 6. The summed E-state index contributed by atoms with van der Waals surface area (Å²) in [6.07, 6.45) is 2.59. The van der Waals surface area contributed by atoms with Gasteiger partial charge in [0.2, 0.25) is 11.8 Å². The van der Waals surface area contributed by atoms with Crippen molar-refractivity contribution in [1.29, 1.82) is 0 Å². The largest absolute Gasteiger partial charge is 0.481 e. The number of fused-ring (bicyclic) bond motifs is 1. The Morgan fingerprint density at radius 2 is 2.04 bits per heavy atom. The first-order chi connectivity index (χ1) is 12.8. The lowest BCUT2D eigenvalue weighted by atomic mass is 10.1. The van der Waals surface area contributed by atoms with Crippen molar-refractivity contribution in [2.45, 2.75) is 26.2 Å². The third-order valence-electron chi connectivity index (χ3n) is 4.48. The number of H-pyrrole nitrogens is 1. The van der Waals surface area contributed by atoms with E-state index >= 15 is 0 Å². The minimum absolute atomic E-state index is 0.480. The average molecular weight is 351 g/mol. The van der Waals surface area contributed by atoms with Crippen molar-refractivity contribution >= 4 is 5.95 Å². The minimum atomic E-state index is 0.480. The van der Waals surface area contributed by atoms with Crippen LogP contribution in [0.4, 0.5) is 5.95 Å². The molecule has 0 radical (unpaired) electrons. The van der Waals surface area contributed by atoms with E-state index in [9.17, 15) is 0 Å². The molecule has 0 atom stereocenters. The number of ether oxygens (including phenoxy) is 2. The predicted molar refractivity (Wildman–Crippen MR) is 96.9 cm³/mol. The zero-order chi connectivity index (χ0) is 17.8. The summed E-state index contributed by atoms with van der Waals surface area (Å²) in [4.78, 5) is 10.9. The molecule has 0 unspecified atom stereocenters. The molecule has 0 amide bonds. The van der Waals surface area contributed by atoms with Crippen LogP contribution in [0.3, 0.4) is 0 Å². The van der Waals surface area contributed by atoms with E-state index in [1.807, 2.05) is 18.2 Å². The molecule has 1 N–H and O–H groups in total. The second-order valence-corrected chi connectivity index (χ2v) is 6.18. The van der Waals surface area contributed by atoms with E-state index in [0.717, 1.165) is 24.2 Å². The molecular weight excluding hydrogens is 330 g/mol. The summed E-state index contributed by atoms with van der Waals surface area (Å²) in [6.45, 7) is 2.61. The highest BCUT2D eigenvalue weighted by Gasteiger charge is 2.23. The average Bonchev–Trinajstić information content (AvgIpc) is 3.11. The molecule has 26 heavy (non-hydrogen) atoms. The molecule has 2 aromatic heterocycles. The summed E-state index contributed by atoms with van der Waals surface area (Å²) in [5, 5.41) is 7.60. The minimum Gasteiger partial charge on any atom is -0.481 e. The number of aromatic amines is 1. The van der Waals surface area contributed by atoms with Gasteiger partial charge in [-0.1, -0.05) is 30.3 Å². The first kappa shape index (κ1) is 16.5. The molecule has 4 rings (SSSR count). The summed E-state index contributed by atoms with van der Waals surface area (Å²) < 4.78 is 11.1. The van der Waals surface area contributed by atoms with Gasteiger partial charge < -0.3 is 14.4 Å². The Kier molecular flexibility index (Phi) is 4.79. The lowest BCUT2D eigenvalue weighted by Gasteiger charge is -2.27. The predicted octanol–water partition coefficient (Wildman–Crippen LogP) is 2.49. The molecule has 3 aromatic rings. The van der Waals surface area contributed by atoms with Crippen molar-refractivity contribution in [1.82, 2.24) is 20.2 Å². The molecule has 0 saturated carbocycles. The highest BCUT2D eigenvalue weighted by Crippen LogP contribution is 2.24. The first-order valence-electron chi connectivity index (χ1n) is 8.62. The summed E-state index contributed by atoms with van der Waals surface area (Å²) in [7, 11) is 1.61. The van der Waals surface area contributed by atoms with Crippen LogP contribution in [0.5, 0.6) is 5.88 Å². The Balaban J connectivity index is 1.44. The van der Waals surface area contributed by atoms with Crippen LogP contribution < -0.4 is 9.64 Å². The number of aromatic nitrogens is 4. The van der Waals surface area contributed by atoms with Crippen LogP contribution >= 0.6 is 0 Å². The molecule has 134 valence electrons. The molecule has 0 fully saturated rings. The zero-order valence-electron chi connectivity index (χ0n) is 14.7. The maximum Gasteiger partial charge on any atom is 0.228 e. The number of rotatable bonds is 6. The summed E-state index contributed by atoms with van der Waals surface area (Å²) >= 11 is 0. The van der Waals surface area contributed by atoms with Crippen molar-refractivity contribution in [3.8, 4) is 5.88 Å². The smallest absolute Gasteiger partial charge is 0.228 e. The summed E-state index contributed by atoms with van der Waals surface area (Å²) in [6, 6.07) is 11.9. The molecule has 0 spiro atoms. The fourth-order valence-corrected chi connectivity index (χ4v) is 3.08. The van der Waals surface area contributed by atoms with E-state index < -0.39 is 0 Å². The Morgan fingerprint density at radius 1 is 1.15 bits per heavy atom. The van der Waals surface area contributed by atoms with Crippen LogP contribution in [0.15, 0.2) is 42.6 Å². The van der Waals surface area contributed by atoms with Gasteiger partial charge in [-0.15, -0.1) is 0 Å². The van der Waals surface area contributed by atoms with Crippen LogP contribution in [0, 0.1) is 0 Å². The van der Waals surface area contributed by atoms with Gasteiger partial charge in [0.15, 0.2) is 0 Å². The van der Waals surface area contributed by atoms with E-state index in [1.165, 1.54) is 11.3 Å². The van der Waals surface area contributed by atoms with Gasteiger partial charge in [0, 0.05) is 43.0 Å². The SMILES string of the molecule is COc1ccnc(N2CCc3[nH]nc(COCc4ccccc4)c3C2)n1. The van der Waals surface area contributed by atoms with Gasteiger partial charge in [0.1, 0.15) is 0 Å². The van der Waals surface area contributed by atoms with Crippen LogP contribution in [0.1, 0.15) is 22.5 Å². The normalized spacial score (nSPS) is 13.5. The standard InChI is InChI=1S/C19H21N5O2/c1-25-18-7-9-20-19(21-18)24-10-8-16-15(11-24)17(23-22-16)13-26-12-14-5-3-2-4-6-14/h2-7,9H,8,10-13H2,1H3,(H,22,23). The van der Waals surface area contributed by atoms with Gasteiger partial charge in [0.25, 0.3) is 0 Å². The molecule has 1 aliphatic heterocycles. The van der Waals surface area contributed by atoms with E-state index in [-0.39, 0.29) is 0 Å². The maximum atomic E-state index is 5.86. The Hall–Kier alpha value is -2.93. The fourth-order valence-electron chi connectivity index (χ4n) is 3.08.